The summed E-state index contributed by atoms with van der Waals surface area (Å²) in [5.41, 5.74) is 8.25. The Bertz CT molecular complexity index is 643. The van der Waals surface area contributed by atoms with E-state index in [0.717, 1.165) is 16.9 Å². The number of nitrogens with zero attached hydrogens (tertiary/aromatic N) is 4. The lowest BCUT2D eigenvalue weighted by Crippen LogP contribution is -1.94. The monoisotopic (exact) mass is 237 g/mol. The average molecular weight is 237 g/mol. The molecule has 3 aromatic rings. The summed E-state index contributed by atoms with van der Waals surface area (Å²) in [5, 5.41) is 4.42. The van der Waals surface area contributed by atoms with Crippen molar-refractivity contribution in [2.24, 2.45) is 0 Å². The van der Waals surface area contributed by atoms with Crippen LogP contribution in [0.15, 0.2) is 55.1 Å². The molecule has 0 bridgehead atoms. The summed E-state index contributed by atoms with van der Waals surface area (Å²) in [5.74, 6) is 0.673. The van der Waals surface area contributed by atoms with Crippen molar-refractivity contribution >= 4 is 5.69 Å². The van der Waals surface area contributed by atoms with Gasteiger partial charge in [-0.25, -0.2) is 9.67 Å². The molecular weight excluding hydrogens is 226 g/mol. The van der Waals surface area contributed by atoms with Gasteiger partial charge in [-0.15, -0.1) is 5.10 Å². The van der Waals surface area contributed by atoms with E-state index in [4.69, 9.17) is 5.73 Å². The molecule has 88 valence electrons. The zero-order chi connectivity index (χ0) is 12.4. The zero-order valence-corrected chi connectivity index (χ0v) is 9.56. The van der Waals surface area contributed by atoms with Gasteiger partial charge in [-0.3, -0.25) is 4.98 Å². The topological polar surface area (TPSA) is 69.6 Å². The van der Waals surface area contributed by atoms with Crippen LogP contribution in [0.2, 0.25) is 0 Å². The maximum Gasteiger partial charge on any atom is 0.181 e. The Labute approximate surface area is 104 Å². The van der Waals surface area contributed by atoms with Crippen LogP contribution in [-0.2, 0) is 0 Å². The molecule has 18 heavy (non-hydrogen) atoms. The molecule has 2 heterocycles. The van der Waals surface area contributed by atoms with E-state index in [1.807, 2.05) is 36.4 Å². The lowest BCUT2D eigenvalue weighted by molar-refractivity contribution is 0.879. The first-order chi connectivity index (χ1) is 8.83. The van der Waals surface area contributed by atoms with Gasteiger partial charge in [0, 0.05) is 23.6 Å². The van der Waals surface area contributed by atoms with Crippen molar-refractivity contribution in [2.75, 3.05) is 5.73 Å². The third-order valence-electron chi connectivity index (χ3n) is 2.59. The van der Waals surface area contributed by atoms with Crippen molar-refractivity contribution in [3.63, 3.8) is 0 Å². The molecule has 2 aromatic heterocycles. The summed E-state index contributed by atoms with van der Waals surface area (Å²) in [4.78, 5) is 8.25. The molecule has 2 N–H and O–H groups in total. The Morgan fingerprint density at radius 1 is 0.944 bits per heavy atom. The van der Waals surface area contributed by atoms with Crippen molar-refractivity contribution in [1.29, 1.82) is 0 Å². The van der Waals surface area contributed by atoms with E-state index in [9.17, 15) is 0 Å². The number of nitrogens with two attached hydrogens (primary N) is 1. The van der Waals surface area contributed by atoms with Crippen molar-refractivity contribution < 1.29 is 0 Å². The molecule has 0 aliphatic heterocycles. The highest BCUT2D eigenvalue weighted by molar-refractivity contribution is 5.58. The van der Waals surface area contributed by atoms with Gasteiger partial charge >= 0.3 is 0 Å². The molecule has 0 spiro atoms. The quantitative estimate of drug-likeness (QED) is 0.691. The molecule has 3 rings (SSSR count). The van der Waals surface area contributed by atoms with Gasteiger partial charge in [0.2, 0.25) is 0 Å². The maximum atomic E-state index is 5.65. The van der Waals surface area contributed by atoms with Gasteiger partial charge in [0.15, 0.2) is 5.82 Å². The summed E-state index contributed by atoms with van der Waals surface area (Å²) in [6.07, 6.45) is 5.13. The molecule has 0 aliphatic rings. The Morgan fingerprint density at radius 2 is 1.67 bits per heavy atom. The highest BCUT2D eigenvalue weighted by Crippen LogP contribution is 2.17. The molecular formula is C13H11N5. The molecule has 0 atom stereocenters. The van der Waals surface area contributed by atoms with Gasteiger partial charge in [-0.2, -0.15) is 0 Å². The normalized spacial score (nSPS) is 10.4. The first-order valence-electron chi connectivity index (χ1n) is 5.51. The van der Waals surface area contributed by atoms with Gasteiger partial charge in [-0.1, -0.05) is 0 Å². The molecule has 1 aromatic carbocycles. The highest BCUT2D eigenvalue weighted by Gasteiger charge is 2.04. The van der Waals surface area contributed by atoms with Gasteiger partial charge in [0.1, 0.15) is 6.33 Å². The predicted molar refractivity (Wildman–Crippen MR) is 69.0 cm³/mol. The standard InChI is InChI=1S/C13H11N5/c14-11-3-1-10(2-4-11)13-16-9-18(17-13)12-5-7-15-8-6-12/h1-9H,14H2. The van der Waals surface area contributed by atoms with Crippen LogP contribution >= 0.6 is 0 Å². The third-order valence-corrected chi connectivity index (χ3v) is 2.59. The van der Waals surface area contributed by atoms with Crippen LogP contribution in [0.4, 0.5) is 5.69 Å². The molecule has 0 amide bonds. The number of rotatable bonds is 2. The van der Waals surface area contributed by atoms with Crippen LogP contribution in [0.3, 0.4) is 0 Å². The van der Waals surface area contributed by atoms with Crippen LogP contribution in [0, 0.1) is 0 Å². The molecule has 5 nitrogen and oxygen atoms in total. The maximum absolute atomic E-state index is 5.65. The Hall–Kier alpha value is -2.69. The average Bonchev–Trinajstić information content (AvgIpc) is 2.90. The second kappa shape index (κ2) is 4.29. The Morgan fingerprint density at radius 3 is 2.39 bits per heavy atom. The third kappa shape index (κ3) is 1.93. The van der Waals surface area contributed by atoms with E-state index >= 15 is 0 Å². The van der Waals surface area contributed by atoms with E-state index < -0.39 is 0 Å². The minimum Gasteiger partial charge on any atom is -0.399 e. The van der Waals surface area contributed by atoms with Crippen molar-refractivity contribution in [2.45, 2.75) is 0 Å². The molecule has 0 aliphatic carbocycles. The van der Waals surface area contributed by atoms with Gasteiger partial charge < -0.3 is 5.73 Å². The SMILES string of the molecule is Nc1ccc(-c2ncn(-c3ccncc3)n2)cc1. The largest absolute Gasteiger partial charge is 0.399 e. The summed E-state index contributed by atoms with van der Waals surface area (Å²) < 4.78 is 1.72. The van der Waals surface area contributed by atoms with Gasteiger partial charge in [0.05, 0.1) is 5.69 Å². The number of hydrogen-bond acceptors (Lipinski definition) is 4. The minimum atomic E-state index is 0.673. The van der Waals surface area contributed by atoms with Crippen LogP contribution in [0.1, 0.15) is 0 Å². The van der Waals surface area contributed by atoms with Crippen molar-refractivity contribution in [1.82, 2.24) is 19.7 Å². The van der Waals surface area contributed by atoms with Crippen molar-refractivity contribution in [3.05, 3.63) is 55.1 Å². The molecule has 0 fully saturated rings. The zero-order valence-electron chi connectivity index (χ0n) is 9.56. The summed E-state index contributed by atoms with van der Waals surface area (Å²) in [6, 6.07) is 11.2. The lowest BCUT2D eigenvalue weighted by Gasteiger charge is -1.98. The predicted octanol–water partition coefficient (Wildman–Crippen LogP) is 1.91. The van der Waals surface area contributed by atoms with Crippen LogP contribution < -0.4 is 5.73 Å². The van der Waals surface area contributed by atoms with Crippen LogP contribution in [0.5, 0.6) is 0 Å². The highest BCUT2D eigenvalue weighted by atomic mass is 15.3. The van der Waals surface area contributed by atoms with E-state index in [0.29, 0.717) is 5.82 Å². The fraction of sp³-hybridized carbons (Fsp3) is 0. The first kappa shape index (κ1) is 10.5. The lowest BCUT2D eigenvalue weighted by atomic mass is 10.2. The molecule has 0 unspecified atom stereocenters. The van der Waals surface area contributed by atoms with Crippen LogP contribution in [-0.4, -0.2) is 19.7 Å². The van der Waals surface area contributed by atoms with Crippen molar-refractivity contribution in [3.8, 4) is 17.1 Å². The van der Waals surface area contributed by atoms with Gasteiger partial charge in [-0.05, 0) is 36.4 Å². The van der Waals surface area contributed by atoms with Crippen LogP contribution in [0.25, 0.3) is 17.1 Å². The first-order valence-corrected chi connectivity index (χ1v) is 5.51. The number of benzene rings is 1. The Balaban J connectivity index is 1.97. The minimum absolute atomic E-state index is 0.673. The molecule has 5 heteroatoms. The van der Waals surface area contributed by atoms with Gasteiger partial charge in [0.25, 0.3) is 0 Å². The fourth-order valence-electron chi connectivity index (χ4n) is 1.65. The molecule has 0 radical (unpaired) electrons. The number of hydrogen-bond donors (Lipinski definition) is 1. The van der Waals surface area contributed by atoms with E-state index in [-0.39, 0.29) is 0 Å². The smallest absolute Gasteiger partial charge is 0.181 e. The second-order valence-electron chi connectivity index (χ2n) is 3.84. The summed E-state index contributed by atoms with van der Waals surface area (Å²) >= 11 is 0. The second-order valence-corrected chi connectivity index (χ2v) is 3.84. The van der Waals surface area contributed by atoms with E-state index in [1.165, 1.54) is 0 Å². The molecule has 0 saturated carbocycles. The number of nitrogen functional groups attached to an aromatic ring is 1. The van der Waals surface area contributed by atoms with E-state index in [1.54, 1.807) is 23.4 Å². The summed E-state index contributed by atoms with van der Waals surface area (Å²) in [6.45, 7) is 0. The molecule has 0 saturated heterocycles. The summed E-state index contributed by atoms with van der Waals surface area (Å²) in [7, 11) is 0. The number of pyridine rings is 1. The number of anilines is 1. The number of aromatic nitrogens is 4. The van der Waals surface area contributed by atoms with E-state index in [2.05, 4.69) is 15.1 Å². The Kier molecular flexibility index (Phi) is 2.49. The fourth-order valence-corrected chi connectivity index (χ4v) is 1.65.